The van der Waals surface area contributed by atoms with Crippen LogP contribution in [0.3, 0.4) is 0 Å². The fourth-order valence-corrected chi connectivity index (χ4v) is 9.78. The first kappa shape index (κ1) is 19.8. The summed E-state index contributed by atoms with van der Waals surface area (Å²) in [5, 5.41) is 3.94. The summed E-state index contributed by atoms with van der Waals surface area (Å²) in [6.45, 7) is 2.15. The van der Waals surface area contributed by atoms with Crippen LogP contribution in [0.15, 0.2) is 22.9 Å². The molecule has 2 aromatic rings. The number of aryl methyl sites for hydroxylation is 1. The van der Waals surface area contributed by atoms with Crippen molar-refractivity contribution in [2.45, 2.75) is 29.2 Å². The van der Waals surface area contributed by atoms with Crippen LogP contribution >= 0.6 is 22.7 Å². The average molecular weight is 421 g/mol. The summed E-state index contributed by atoms with van der Waals surface area (Å²) in [5.74, 6) is 2.07. The second-order valence-electron chi connectivity index (χ2n) is 5.17. The van der Waals surface area contributed by atoms with Crippen molar-refractivity contribution in [3.63, 3.8) is 0 Å². The summed E-state index contributed by atoms with van der Waals surface area (Å²) in [6, 6.07) is 4.09. The SMILES string of the molecule is C.COc1cc(C)s[c]1[Sn]([CH3])([CH3])[CH3].COc1ccsc1. The summed E-state index contributed by atoms with van der Waals surface area (Å²) < 4.78 is 11.8. The first-order valence-electron chi connectivity index (χ1n) is 6.09. The summed E-state index contributed by atoms with van der Waals surface area (Å²) in [7, 11) is 3.44. The van der Waals surface area contributed by atoms with Gasteiger partial charge in [0.25, 0.3) is 0 Å². The molecule has 0 radical (unpaired) electrons. The van der Waals surface area contributed by atoms with Gasteiger partial charge in [-0.25, -0.2) is 0 Å². The molecule has 0 atom stereocenters. The zero-order chi connectivity index (χ0) is 14.5. The van der Waals surface area contributed by atoms with Gasteiger partial charge in [0, 0.05) is 5.38 Å². The molecule has 0 saturated heterocycles. The molecule has 2 rings (SSSR count). The number of hydrogen-bond acceptors (Lipinski definition) is 4. The second kappa shape index (κ2) is 8.95. The van der Waals surface area contributed by atoms with Crippen molar-refractivity contribution in [1.29, 1.82) is 0 Å². The molecule has 0 bridgehead atoms. The smallest absolute Gasteiger partial charge is 0.129 e. The number of methoxy groups -OCH3 is 2. The molecule has 2 heterocycles. The molecule has 0 amide bonds. The quantitative estimate of drug-likeness (QED) is 0.650. The Kier molecular flexibility index (Phi) is 8.86. The van der Waals surface area contributed by atoms with E-state index in [9.17, 15) is 0 Å². The topological polar surface area (TPSA) is 18.5 Å². The van der Waals surface area contributed by atoms with Crippen molar-refractivity contribution in [3.8, 4) is 11.5 Å². The Morgan fingerprint density at radius 1 is 1.10 bits per heavy atom. The van der Waals surface area contributed by atoms with E-state index in [0.29, 0.717) is 0 Å². The zero-order valence-corrected chi connectivity index (χ0v) is 16.9. The molecule has 0 saturated carbocycles. The van der Waals surface area contributed by atoms with Gasteiger partial charge in [-0.15, -0.1) is 11.3 Å². The molecular weight excluding hydrogens is 395 g/mol. The summed E-state index contributed by atoms with van der Waals surface area (Å²) in [4.78, 5) is 8.63. The van der Waals surface area contributed by atoms with Gasteiger partial charge in [-0.2, -0.15) is 0 Å². The number of ether oxygens (including phenoxy) is 2. The van der Waals surface area contributed by atoms with Crippen LogP contribution in [0, 0.1) is 6.92 Å². The first-order chi connectivity index (χ1) is 8.88. The first-order valence-corrected chi connectivity index (χ1v) is 17.8. The van der Waals surface area contributed by atoms with Crippen molar-refractivity contribution in [3.05, 3.63) is 27.8 Å². The Balaban J connectivity index is 0.000000387. The van der Waals surface area contributed by atoms with E-state index in [-0.39, 0.29) is 7.43 Å². The maximum atomic E-state index is 5.36. The summed E-state index contributed by atoms with van der Waals surface area (Å²) in [6.07, 6.45) is 0. The molecule has 0 N–H and O–H groups in total. The van der Waals surface area contributed by atoms with Gasteiger partial charge in [0.05, 0.1) is 7.11 Å². The van der Waals surface area contributed by atoms with E-state index in [2.05, 4.69) is 27.8 Å². The molecule has 2 nitrogen and oxygen atoms in total. The van der Waals surface area contributed by atoms with Crippen molar-refractivity contribution in [2.75, 3.05) is 14.2 Å². The van der Waals surface area contributed by atoms with E-state index >= 15 is 0 Å². The van der Waals surface area contributed by atoms with Gasteiger partial charge in [-0.1, -0.05) is 7.43 Å². The largest absolute Gasteiger partial charge is 0.496 e. The minimum absolute atomic E-state index is 0. The predicted molar refractivity (Wildman–Crippen MR) is 96.2 cm³/mol. The molecule has 0 aliphatic carbocycles. The van der Waals surface area contributed by atoms with Crippen LogP contribution in [-0.2, 0) is 0 Å². The van der Waals surface area contributed by atoms with E-state index in [1.165, 1.54) is 4.88 Å². The monoisotopic (exact) mass is 422 g/mol. The van der Waals surface area contributed by atoms with Crippen LogP contribution in [0.2, 0.25) is 14.8 Å². The molecule has 0 unspecified atom stereocenters. The molecule has 0 fully saturated rings. The van der Waals surface area contributed by atoms with Gasteiger partial charge in [-0.05, 0) is 11.4 Å². The molecule has 2 aromatic heterocycles. The van der Waals surface area contributed by atoms with Gasteiger partial charge < -0.3 is 4.74 Å². The van der Waals surface area contributed by atoms with Crippen molar-refractivity contribution >= 4 is 43.9 Å². The molecule has 0 aliphatic rings. The third kappa shape index (κ3) is 6.06. The van der Waals surface area contributed by atoms with E-state index in [1.54, 1.807) is 28.4 Å². The van der Waals surface area contributed by atoms with Gasteiger partial charge in [0.2, 0.25) is 0 Å². The maximum absolute atomic E-state index is 5.36. The van der Waals surface area contributed by atoms with E-state index in [0.717, 1.165) is 11.5 Å². The minimum Gasteiger partial charge on any atom is -0.496 e. The third-order valence-corrected chi connectivity index (χ3v) is 13.5. The number of thiophene rings is 2. The molecule has 0 aromatic carbocycles. The van der Waals surface area contributed by atoms with E-state index in [4.69, 9.17) is 9.47 Å². The molecule has 5 heteroatoms. The maximum Gasteiger partial charge on any atom is 0.129 e. The van der Waals surface area contributed by atoms with Crippen LogP contribution in [0.5, 0.6) is 11.5 Å². The Morgan fingerprint density at radius 3 is 2.05 bits per heavy atom. The fraction of sp³-hybridized carbons (Fsp3) is 0.467. The average Bonchev–Trinajstić information content (AvgIpc) is 2.96. The molecule has 114 valence electrons. The molecule has 0 aliphatic heterocycles. The number of rotatable bonds is 3. The molecule has 20 heavy (non-hydrogen) atoms. The Hall–Kier alpha value is -0.201. The van der Waals surface area contributed by atoms with E-state index < -0.39 is 18.4 Å². The van der Waals surface area contributed by atoms with Gasteiger partial charge in [-0.3, -0.25) is 0 Å². The van der Waals surface area contributed by atoms with Crippen LogP contribution < -0.4 is 12.4 Å². The second-order valence-corrected chi connectivity index (χ2v) is 22.5. The summed E-state index contributed by atoms with van der Waals surface area (Å²) in [5.41, 5.74) is 0. The van der Waals surface area contributed by atoms with Crippen LogP contribution in [-0.4, -0.2) is 32.6 Å². The normalized spacial score (nSPS) is 10.1. The Morgan fingerprint density at radius 2 is 1.75 bits per heavy atom. The Bertz CT molecular complexity index is 484. The third-order valence-electron chi connectivity index (χ3n) is 2.45. The fourth-order valence-electron chi connectivity index (χ4n) is 1.53. The molecular formula is C15H26O2S2Sn. The number of hydrogen-bond donors (Lipinski definition) is 0. The van der Waals surface area contributed by atoms with Gasteiger partial charge in [0.15, 0.2) is 0 Å². The standard InChI is InChI=1S/C6H7OS.C5H6OS.CH4.3CH3.Sn/c1-5-3-6(7-2)4-8-5;1-6-5-2-3-7-4-5;;;;;/h3H,1-2H3;2-4H,1H3;1H4;3*1H3;. The summed E-state index contributed by atoms with van der Waals surface area (Å²) >= 11 is 1.66. The minimum atomic E-state index is -1.89. The van der Waals surface area contributed by atoms with Gasteiger partial charge >= 0.3 is 82.9 Å². The van der Waals surface area contributed by atoms with Crippen LogP contribution in [0.4, 0.5) is 0 Å². The van der Waals surface area contributed by atoms with Crippen LogP contribution in [0.1, 0.15) is 12.3 Å². The molecule has 0 spiro atoms. The van der Waals surface area contributed by atoms with E-state index in [1.807, 2.05) is 28.2 Å². The zero-order valence-electron chi connectivity index (χ0n) is 12.4. The van der Waals surface area contributed by atoms with Crippen LogP contribution in [0.25, 0.3) is 0 Å². The van der Waals surface area contributed by atoms with Crippen molar-refractivity contribution in [1.82, 2.24) is 0 Å². The van der Waals surface area contributed by atoms with Gasteiger partial charge in [0.1, 0.15) is 5.75 Å². The predicted octanol–water partition coefficient (Wildman–Crippen LogP) is 5.00. The van der Waals surface area contributed by atoms with Crippen molar-refractivity contribution in [2.24, 2.45) is 0 Å². The van der Waals surface area contributed by atoms with Crippen molar-refractivity contribution < 1.29 is 9.47 Å². The Labute approximate surface area is 135 Å².